The summed E-state index contributed by atoms with van der Waals surface area (Å²) in [5.74, 6) is 0.0258. The van der Waals surface area contributed by atoms with E-state index in [0.717, 1.165) is 11.1 Å². The lowest BCUT2D eigenvalue weighted by Crippen LogP contribution is -2.32. The fourth-order valence-corrected chi connectivity index (χ4v) is 2.09. The van der Waals surface area contributed by atoms with Gasteiger partial charge >= 0.3 is 5.97 Å². The number of carboxylic acids is 1. The van der Waals surface area contributed by atoms with Gasteiger partial charge in [0.15, 0.2) is 11.5 Å². The summed E-state index contributed by atoms with van der Waals surface area (Å²) in [4.78, 5) is 10.8. The minimum absolute atomic E-state index is 0.206. The lowest BCUT2D eigenvalue weighted by Gasteiger charge is -2.22. The second kappa shape index (κ2) is 5.04. The van der Waals surface area contributed by atoms with E-state index >= 15 is 0 Å². The smallest absolute Gasteiger partial charge is 0.320 e. The summed E-state index contributed by atoms with van der Waals surface area (Å²) in [6, 6.07) is 0.792. The molecule has 5 nitrogen and oxygen atoms in total. The Morgan fingerprint density at radius 3 is 2.89 bits per heavy atom. The maximum Gasteiger partial charge on any atom is 0.320 e. The van der Waals surface area contributed by atoms with Crippen LogP contribution in [0.3, 0.4) is 0 Å². The van der Waals surface area contributed by atoms with Crippen molar-refractivity contribution in [3.8, 4) is 11.5 Å². The molecule has 0 spiro atoms. The summed E-state index contributed by atoms with van der Waals surface area (Å²) in [5, 5.41) is 9.29. The van der Waals surface area contributed by atoms with Crippen LogP contribution >= 0.6 is 11.6 Å². The number of carbonyl (C=O) groups is 1. The van der Waals surface area contributed by atoms with Gasteiger partial charge in [0, 0.05) is 0 Å². The lowest BCUT2D eigenvalue weighted by atomic mass is 10.0. The Bertz CT molecular complexity index is 489. The third-order valence-electron chi connectivity index (χ3n) is 2.88. The number of nitrogens with two attached hydrogens (primary N) is 1. The molecule has 1 unspecified atom stereocenters. The van der Waals surface area contributed by atoms with Crippen molar-refractivity contribution >= 4 is 17.6 Å². The van der Waals surface area contributed by atoms with E-state index in [1.807, 2.05) is 6.92 Å². The average Bonchev–Trinajstić information content (AvgIpc) is 2.35. The highest BCUT2D eigenvalue weighted by molar-refractivity contribution is 6.33. The van der Waals surface area contributed by atoms with Crippen LogP contribution in [-0.4, -0.2) is 30.3 Å². The van der Waals surface area contributed by atoms with Gasteiger partial charge in [0.05, 0.1) is 5.02 Å². The minimum Gasteiger partial charge on any atom is -0.486 e. The molecule has 0 aliphatic carbocycles. The fraction of sp³-hybridized carbons (Fsp3) is 0.417. The number of benzene rings is 1. The van der Waals surface area contributed by atoms with Crippen LogP contribution in [0.25, 0.3) is 0 Å². The summed E-state index contributed by atoms with van der Waals surface area (Å²) in [5.41, 5.74) is 7.07. The summed E-state index contributed by atoms with van der Waals surface area (Å²) >= 11 is 6.19. The first-order valence-electron chi connectivity index (χ1n) is 5.56. The maximum atomic E-state index is 10.8. The van der Waals surface area contributed by atoms with Gasteiger partial charge < -0.3 is 20.3 Å². The van der Waals surface area contributed by atoms with E-state index in [2.05, 4.69) is 0 Å². The first-order chi connectivity index (χ1) is 8.50. The molecule has 0 saturated heterocycles. The first-order valence-corrected chi connectivity index (χ1v) is 5.94. The number of hydrogen-bond donors (Lipinski definition) is 2. The molecular formula is C12H14ClNO4. The molecule has 18 heavy (non-hydrogen) atoms. The third-order valence-corrected chi connectivity index (χ3v) is 3.34. The number of fused-ring (bicyclic) bond motifs is 1. The van der Waals surface area contributed by atoms with Crippen LogP contribution in [0.5, 0.6) is 11.5 Å². The van der Waals surface area contributed by atoms with E-state index in [-0.39, 0.29) is 6.42 Å². The van der Waals surface area contributed by atoms with Gasteiger partial charge in [-0.1, -0.05) is 11.6 Å². The van der Waals surface area contributed by atoms with Crippen LogP contribution < -0.4 is 15.2 Å². The molecule has 1 aliphatic heterocycles. The fourth-order valence-electron chi connectivity index (χ4n) is 1.82. The standard InChI is InChI=1S/C12H14ClNO4/c1-6-7(4-8(14)12(15)16)5-9-11(10(6)13)18-3-2-17-9/h5,8H,2-4,14H2,1H3,(H,15,16). The molecule has 0 fully saturated rings. The van der Waals surface area contributed by atoms with Gasteiger partial charge in [-0.25, -0.2) is 0 Å². The minimum atomic E-state index is -1.04. The van der Waals surface area contributed by atoms with Crippen LogP contribution in [0, 0.1) is 6.92 Å². The van der Waals surface area contributed by atoms with Gasteiger partial charge in [0.1, 0.15) is 19.3 Å². The van der Waals surface area contributed by atoms with E-state index in [4.69, 9.17) is 31.9 Å². The van der Waals surface area contributed by atoms with E-state index in [1.165, 1.54) is 0 Å². The Morgan fingerprint density at radius 1 is 1.56 bits per heavy atom. The molecule has 0 amide bonds. The summed E-state index contributed by atoms with van der Waals surface area (Å²) < 4.78 is 10.9. The second-order valence-electron chi connectivity index (χ2n) is 4.15. The van der Waals surface area contributed by atoms with Crippen molar-refractivity contribution in [3.63, 3.8) is 0 Å². The van der Waals surface area contributed by atoms with Gasteiger partial charge in [0.25, 0.3) is 0 Å². The topological polar surface area (TPSA) is 81.8 Å². The average molecular weight is 272 g/mol. The van der Waals surface area contributed by atoms with Crippen LogP contribution in [0.15, 0.2) is 6.07 Å². The molecule has 3 N–H and O–H groups in total. The number of halogens is 1. The van der Waals surface area contributed by atoms with E-state index in [9.17, 15) is 4.79 Å². The van der Waals surface area contributed by atoms with Gasteiger partial charge in [0.2, 0.25) is 0 Å². The molecule has 1 aromatic rings. The molecule has 98 valence electrons. The summed E-state index contributed by atoms with van der Waals surface area (Å²) in [7, 11) is 0. The van der Waals surface area contributed by atoms with Crippen molar-refractivity contribution in [1.82, 2.24) is 0 Å². The maximum absolute atomic E-state index is 10.8. The monoisotopic (exact) mass is 271 g/mol. The summed E-state index contributed by atoms with van der Waals surface area (Å²) in [6.45, 7) is 2.72. The van der Waals surface area contributed by atoms with Gasteiger partial charge in [-0.15, -0.1) is 0 Å². The Balaban J connectivity index is 2.37. The largest absolute Gasteiger partial charge is 0.486 e. The zero-order valence-corrected chi connectivity index (χ0v) is 10.7. The highest BCUT2D eigenvalue weighted by Crippen LogP contribution is 2.41. The third kappa shape index (κ3) is 2.37. The van der Waals surface area contributed by atoms with Crippen molar-refractivity contribution in [2.24, 2.45) is 5.73 Å². The highest BCUT2D eigenvalue weighted by Gasteiger charge is 2.22. The molecule has 0 aromatic heterocycles. The molecule has 2 rings (SSSR count). The molecule has 0 saturated carbocycles. The highest BCUT2D eigenvalue weighted by atomic mass is 35.5. The number of rotatable bonds is 3. The van der Waals surface area contributed by atoms with Crippen molar-refractivity contribution in [2.45, 2.75) is 19.4 Å². The van der Waals surface area contributed by atoms with Gasteiger partial charge in [-0.3, -0.25) is 4.79 Å². The predicted molar refractivity (Wildman–Crippen MR) is 66.5 cm³/mol. The Labute approximate surface area is 109 Å². The Kier molecular flexibility index (Phi) is 3.63. The molecule has 0 radical (unpaired) electrons. The van der Waals surface area contributed by atoms with E-state index < -0.39 is 12.0 Å². The molecule has 0 bridgehead atoms. The van der Waals surface area contributed by atoms with Gasteiger partial charge in [-0.2, -0.15) is 0 Å². The quantitative estimate of drug-likeness (QED) is 0.868. The van der Waals surface area contributed by atoms with Crippen molar-refractivity contribution in [2.75, 3.05) is 13.2 Å². The van der Waals surface area contributed by atoms with E-state index in [1.54, 1.807) is 6.07 Å². The van der Waals surface area contributed by atoms with Crippen LogP contribution in [0.1, 0.15) is 11.1 Å². The number of hydrogen-bond acceptors (Lipinski definition) is 4. The predicted octanol–water partition coefficient (Wildman–Crippen LogP) is 1.37. The molecule has 1 atom stereocenters. The van der Waals surface area contributed by atoms with Gasteiger partial charge in [-0.05, 0) is 30.5 Å². The SMILES string of the molecule is Cc1c(CC(N)C(=O)O)cc2c(c1Cl)OCCO2. The first kappa shape index (κ1) is 13.0. The molecular weight excluding hydrogens is 258 g/mol. The van der Waals surface area contributed by atoms with Crippen molar-refractivity contribution in [1.29, 1.82) is 0 Å². The zero-order chi connectivity index (χ0) is 13.3. The molecule has 1 aromatic carbocycles. The van der Waals surface area contributed by atoms with Crippen LogP contribution in [0.2, 0.25) is 5.02 Å². The molecule has 1 heterocycles. The Hall–Kier alpha value is -1.46. The van der Waals surface area contributed by atoms with Crippen LogP contribution in [0.4, 0.5) is 0 Å². The number of aliphatic carboxylic acids is 1. The Morgan fingerprint density at radius 2 is 2.22 bits per heavy atom. The summed E-state index contributed by atoms with van der Waals surface area (Å²) in [6.07, 6.45) is 0.206. The van der Waals surface area contributed by atoms with E-state index in [0.29, 0.717) is 29.7 Å². The second-order valence-corrected chi connectivity index (χ2v) is 4.53. The normalized spacial score (nSPS) is 15.3. The van der Waals surface area contributed by atoms with Crippen molar-refractivity contribution < 1.29 is 19.4 Å². The number of carboxylic acid groups (broad SMARTS) is 1. The molecule has 6 heteroatoms. The zero-order valence-electron chi connectivity index (χ0n) is 9.90. The van der Waals surface area contributed by atoms with Crippen molar-refractivity contribution in [3.05, 3.63) is 22.2 Å². The molecule has 1 aliphatic rings. The number of ether oxygens (including phenoxy) is 2. The van der Waals surface area contributed by atoms with Crippen LogP contribution in [-0.2, 0) is 11.2 Å². The lowest BCUT2D eigenvalue weighted by molar-refractivity contribution is -0.138.